The van der Waals surface area contributed by atoms with Crippen LogP contribution < -0.4 is 0 Å². The van der Waals surface area contributed by atoms with Crippen molar-refractivity contribution in [1.82, 2.24) is 0 Å². The fourth-order valence-electron chi connectivity index (χ4n) is 0.660. The number of alkyl halides is 12. The van der Waals surface area contributed by atoms with Crippen molar-refractivity contribution in [2.75, 3.05) is 6.67 Å². The van der Waals surface area contributed by atoms with Crippen LogP contribution in [-0.4, -0.2) is 36.9 Å². The van der Waals surface area contributed by atoms with Crippen LogP contribution in [0.1, 0.15) is 0 Å². The van der Waals surface area contributed by atoms with E-state index in [-0.39, 0.29) is 0 Å². The molecule has 0 aromatic heterocycles. The summed E-state index contributed by atoms with van der Waals surface area (Å²) in [6.45, 7) is -3.52. The first kappa shape index (κ1) is 18.1. The molecule has 0 saturated heterocycles. The second-order valence-corrected chi connectivity index (χ2v) is 3.05. The molecule has 0 N–H and O–H groups in total. The molecule has 0 amide bonds. The normalized spacial score (nSPS) is 18.3. The number of hydrogen-bond donors (Lipinski definition) is 0. The van der Waals surface area contributed by atoms with Crippen LogP contribution >= 0.6 is 0 Å². The summed E-state index contributed by atoms with van der Waals surface area (Å²) in [6.07, 6.45) is -20.9. The highest BCUT2D eigenvalue weighted by Crippen LogP contribution is 2.51. The first-order valence-corrected chi connectivity index (χ1v) is 3.86. The molecule has 0 aromatic carbocycles. The zero-order chi connectivity index (χ0) is 15.9. The average molecular weight is 318 g/mol. The Morgan fingerprint density at radius 3 is 1.21 bits per heavy atom. The molecule has 0 bridgehead atoms. The molecule has 19 heavy (non-hydrogen) atoms. The molecule has 0 aliphatic carbocycles. The molecule has 1 nitrogen and oxygen atoms in total. The van der Waals surface area contributed by atoms with Gasteiger partial charge in [0.1, 0.15) is 0 Å². The highest BCUT2D eigenvalue weighted by Gasteiger charge is 2.79. The van der Waals surface area contributed by atoms with E-state index in [0.29, 0.717) is 0 Å². The molecule has 0 aliphatic rings. The highest BCUT2D eigenvalue weighted by molar-refractivity contribution is 4.93. The van der Waals surface area contributed by atoms with Gasteiger partial charge in [-0.25, -0.2) is 4.39 Å². The first-order valence-electron chi connectivity index (χ1n) is 3.86. The standard InChI is InChI=1S/C6H2F12O/c7-1-2(8,9)3(10,4(11,12)13)19-6(17,18)5(14,15)16/h1H2. The Hall–Kier alpha value is -0.880. The Labute approximate surface area is 95.7 Å². The predicted molar refractivity (Wildman–Crippen MR) is 32.9 cm³/mol. The summed E-state index contributed by atoms with van der Waals surface area (Å²) < 4.78 is 145. The van der Waals surface area contributed by atoms with Gasteiger partial charge in [-0.05, 0) is 0 Å². The molecule has 0 saturated carbocycles. The van der Waals surface area contributed by atoms with Gasteiger partial charge in [-0.1, -0.05) is 0 Å². The third-order valence-corrected chi connectivity index (χ3v) is 1.60. The van der Waals surface area contributed by atoms with Crippen LogP contribution in [0.25, 0.3) is 0 Å². The largest absolute Gasteiger partial charge is 0.483 e. The summed E-state index contributed by atoms with van der Waals surface area (Å²) in [5.41, 5.74) is 0. The van der Waals surface area contributed by atoms with E-state index < -0.39 is 36.9 Å². The van der Waals surface area contributed by atoms with E-state index in [4.69, 9.17) is 0 Å². The van der Waals surface area contributed by atoms with E-state index in [9.17, 15) is 52.7 Å². The zero-order valence-electron chi connectivity index (χ0n) is 8.15. The SMILES string of the molecule is FCC(F)(F)C(F)(OC(F)(F)C(F)(F)F)C(F)(F)F. The molecule has 13 heteroatoms. The molecule has 0 fully saturated rings. The average Bonchev–Trinajstić information content (AvgIpc) is 2.13. The molecule has 1 atom stereocenters. The summed E-state index contributed by atoms with van der Waals surface area (Å²) in [6, 6.07) is 0. The molecule has 1 unspecified atom stereocenters. The molecular weight excluding hydrogens is 316 g/mol. The Balaban J connectivity index is 5.71. The summed E-state index contributed by atoms with van der Waals surface area (Å²) >= 11 is 0. The molecule has 0 rings (SSSR count). The van der Waals surface area contributed by atoms with Crippen molar-refractivity contribution in [3.8, 4) is 0 Å². The highest BCUT2D eigenvalue weighted by atomic mass is 19.4. The molecular formula is C6H2F12O. The van der Waals surface area contributed by atoms with Gasteiger partial charge >= 0.3 is 30.2 Å². The van der Waals surface area contributed by atoms with Gasteiger partial charge in [0.15, 0.2) is 6.67 Å². The lowest BCUT2D eigenvalue weighted by Crippen LogP contribution is -2.62. The maximum Gasteiger partial charge on any atom is 0.483 e. The molecule has 0 aliphatic heterocycles. The van der Waals surface area contributed by atoms with E-state index in [1.807, 2.05) is 0 Å². The quantitative estimate of drug-likeness (QED) is 0.712. The van der Waals surface area contributed by atoms with Gasteiger partial charge in [-0.2, -0.15) is 48.3 Å². The number of hydrogen-bond acceptors (Lipinski definition) is 1. The van der Waals surface area contributed by atoms with Crippen molar-refractivity contribution >= 4 is 0 Å². The van der Waals surface area contributed by atoms with E-state index >= 15 is 0 Å². The van der Waals surface area contributed by atoms with Gasteiger partial charge in [0.05, 0.1) is 0 Å². The molecule has 0 spiro atoms. The minimum Gasteiger partial charge on any atom is -0.262 e. The van der Waals surface area contributed by atoms with E-state index in [1.54, 1.807) is 4.74 Å². The summed E-state index contributed by atoms with van der Waals surface area (Å²) in [4.78, 5) is 0. The van der Waals surface area contributed by atoms with Crippen LogP contribution in [0.5, 0.6) is 0 Å². The van der Waals surface area contributed by atoms with Crippen LogP contribution in [-0.2, 0) is 4.74 Å². The maximum atomic E-state index is 12.8. The van der Waals surface area contributed by atoms with Gasteiger partial charge in [-0.15, -0.1) is 0 Å². The predicted octanol–water partition coefficient (Wildman–Crippen LogP) is 3.99. The van der Waals surface area contributed by atoms with Gasteiger partial charge in [0.2, 0.25) is 0 Å². The third kappa shape index (κ3) is 3.17. The van der Waals surface area contributed by atoms with Crippen LogP contribution in [0.15, 0.2) is 0 Å². The van der Waals surface area contributed by atoms with Crippen molar-refractivity contribution in [1.29, 1.82) is 0 Å². The minimum atomic E-state index is -7.04. The number of halogens is 12. The smallest absolute Gasteiger partial charge is 0.262 e. The van der Waals surface area contributed by atoms with Crippen molar-refractivity contribution in [3.05, 3.63) is 0 Å². The number of rotatable bonds is 4. The van der Waals surface area contributed by atoms with Crippen molar-refractivity contribution in [2.24, 2.45) is 0 Å². The zero-order valence-corrected chi connectivity index (χ0v) is 8.15. The van der Waals surface area contributed by atoms with Gasteiger partial charge < -0.3 is 0 Å². The summed E-state index contributed by atoms with van der Waals surface area (Å²) in [7, 11) is 0. The second-order valence-electron chi connectivity index (χ2n) is 3.05. The fourth-order valence-corrected chi connectivity index (χ4v) is 0.660. The lowest BCUT2D eigenvalue weighted by Gasteiger charge is -2.35. The minimum absolute atomic E-state index is 1.57. The Kier molecular flexibility index (Phi) is 4.38. The second kappa shape index (κ2) is 4.59. The van der Waals surface area contributed by atoms with Crippen LogP contribution in [0.4, 0.5) is 52.7 Å². The Bertz CT molecular complexity index is 315. The summed E-state index contributed by atoms with van der Waals surface area (Å²) in [5, 5.41) is 0. The molecule has 116 valence electrons. The Morgan fingerprint density at radius 2 is 1.00 bits per heavy atom. The molecule has 0 aromatic rings. The lowest BCUT2D eigenvalue weighted by atomic mass is 10.1. The third-order valence-electron chi connectivity index (χ3n) is 1.60. The van der Waals surface area contributed by atoms with Gasteiger partial charge in [-0.3, -0.25) is 4.74 Å². The van der Waals surface area contributed by atoms with Crippen LogP contribution in [0, 0.1) is 0 Å². The molecule has 0 heterocycles. The van der Waals surface area contributed by atoms with E-state index in [1.165, 1.54) is 0 Å². The van der Waals surface area contributed by atoms with E-state index in [0.717, 1.165) is 0 Å². The van der Waals surface area contributed by atoms with E-state index in [2.05, 4.69) is 0 Å². The monoisotopic (exact) mass is 318 g/mol. The van der Waals surface area contributed by atoms with Crippen LogP contribution in [0.2, 0.25) is 0 Å². The number of ether oxygens (including phenoxy) is 1. The van der Waals surface area contributed by atoms with Crippen molar-refractivity contribution < 1.29 is 57.4 Å². The fraction of sp³-hybridized carbons (Fsp3) is 1.00. The lowest BCUT2D eigenvalue weighted by molar-refractivity contribution is -0.500. The van der Waals surface area contributed by atoms with Crippen molar-refractivity contribution in [3.63, 3.8) is 0 Å². The maximum absolute atomic E-state index is 12.8. The van der Waals surface area contributed by atoms with Gasteiger partial charge in [0.25, 0.3) is 0 Å². The Morgan fingerprint density at radius 1 is 0.632 bits per heavy atom. The topological polar surface area (TPSA) is 9.23 Å². The molecule has 0 radical (unpaired) electrons. The first-order chi connectivity index (χ1) is 8.02. The summed E-state index contributed by atoms with van der Waals surface area (Å²) in [5.74, 6) is -13.2. The van der Waals surface area contributed by atoms with Gasteiger partial charge in [0, 0.05) is 0 Å². The van der Waals surface area contributed by atoms with Crippen molar-refractivity contribution in [2.45, 2.75) is 30.2 Å². The van der Waals surface area contributed by atoms with Crippen LogP contribution in [0.3, 0.4) is 0 Å².